The number of aliphatic hydroxyl groups is 1. The summed E-state index contributed by atoms with van der Waals surface area (Å²) in [6.45, 7) is 2.97. The van der Waals surface area contributed by atoms with Crippen LogP contribution in [0.3, 0.4) is 0 Å². The van der Waals surface area contributed by atoms with Crippen LogP contribution in [0.25, 0.3) is 4.98 Å². The number of hydrogen-bond acceptors (Lipinski definition) is 6. The minimum atomic E-state index is -0.737. The SMILES string of the molecule is COC(=O)[C@@H]1CS[C@H](C)N1C(=O)/C([N+]#N)=C(/C)O. The number of rotatable bonds is 2. The first kappa shape index (κ1) is 14.3. The van der Waals surface area contributed by atoms with E-state index in [1.54, 1.807) is 6.92 Å². The lowest BCUT2D eigenvalue weighted by Crippen LogP contribution is -2.45. The van der Waals surface area contributed by atoms with Crippen LogP contribution in [0.5, 0.6) is 0 Å². The topological polar surface area (TPSA) is 95.0 Å². The number of ether oxygens (including phenoxy) is 1. The Hall–Kier alpha value is -1.75. The van der Waals surface area contributed by atoms with Crippen LogP contribution in [0.2, 0.25) is 0 Å². The van der Waals surface area contributed by atoms with Gasteiger partial charge >= 0.3 is 17.6 Å². The lowest BCUT2D eigenvalue weighted by Gasteiger charge is -2.23. The van der Waals surface area contributed by atoms with Crippen molar-refractivity contribution in [1.82, 2.24) is 4.90 Å². The summed E-state index contributed by atoms with van der Waals surface area (Å²) in [5.74, 6) is -1.24. The number of aliphatic hydroxyl groups excluding tert-OH is 1. The summed E-state index contributed by atoms with van der Waals surface area (Å²) in [4.78, 5) is 27.7. The zero-order valence-electron chi connectivity index (χ0n) is 10.3. The number of hydrogen-bond donors (Lipinski definition) is 1. The molecule has 0 unspecified atom stereocenters. The molecule has 0 aromatic carbocycles. The zero-order chi connectivity index (χ0) is 13.9. The van der Waals surface area contributed by atoms with Gasteiger partial charge in [0.2, 0.25) is 5.39 Å². The second-order valence-corrected chi connectivity index (χ2v) is 5.07. The van der Waals surface area contributed by atoms with E-state index in [-0.39, 0.29) is 5.37 Å². The molecule has 0 spiro atoms. The maximum atomic E-state index is 12.1. The van der Waals surface area contributed by atoms with Crippen molar-refractivity contribution >= 4 is 23.6 Å². The van der Waals surface area contributed by atoms with Gasteiger partial charge in [0.05, 0.1) is 12.5 Å². The van der Waals surface area contributed by atoms with Crippen molar-refractivity contribution in [3.63, 3.8) is 0 Å². The van der Waals surface area contributed by atoms with E-state index < -0.39 is 29.4 Å². The quantitative estimate of drug-likeness (QED) is 0.350. The van der Waals surface area contributed by atoms with Crippen molar-refractivity contribution in [1.29, 1.82) is 5.39 Å². The number of allylic oxidation sites excluding steroid dienone is 1. The highest BCUT2D eigenvalue weighted by molar-refractivity contribution is 8.00. The summed E-state index contributed by atoms with van der Waals surface area (Å²) >= 11 is 1.40. The predicted octanol–water partition coefficient (Wildman–Crippen LogP) is 1.09. The molecule has 1 amide bonds. The fraction of sp³-hybridized carbons (Fsp3) is 0.600. The number of nitrogens with zero attached hydrogens (tertiary/aromatic N) is 3. The molecule has 0 aromatic rings. The zero-order valence-corrected chi connectivity index (χ0v) is 11.1. The van der Waals surface area contributed by atoms with E-state index in [9.17, 15) is 14.7 Å². The monoisotopic (exact) mass is 272 g/mol. The summed E-state index contributed by atoms with van der Waals surface area (Å²) in [6.07, 6.45) is 0. The molecular weight excluding hydrogens is 258 g/mol. The molecule has 0 radical (unpaired) electrons. The number of amides is 1. The van der Waals surface area contributed by atoms with Crippen LogP contribution < -0.4 is 0 Å². The molecule has 1 N–H and O–H groups in total. The molecule has 7 nitrogen and oxygen atoms in total. The molecular formula is C10H14N3O4S+. The van der Waals surface area contributed by atoms with Crippen LogP contribution in [-0.4, -0.2) is 46.2 Å². The first-order chi connectivity index (χ1) is 8.43. The molecule has 8 heteroatoms. The third-order valence-electron chi connectivity index (χ3n) is 2.58. The molecule has 1 aliphatic heterocycles. The maximum Gasteiger partial charge on any atom is 0.485 e. The summed E-state index contributed by atoms with van der Waals surface area (Å²) in [5.41, 5.74) is -0.474. The highest BCUT2D eigenvalue weighted by Gasteiger charge is 2.45. The van der Waals surface area contributed by atoms with Crippen LogP contribution in [0.4, 0.5) is 0 Å². The van der Waals surface area contributed by atoms with Crippen molar-refractivity contribution in [3.8, 4) is 0 Å². The minimum absolute atomic E-state index is 0.266. The van der Waals surface area contributed by atoms with Crippen molar-refractivity contribution in [2.24, 2.45) is 0 Å². The first-order valence-electron chi connectivity index (χ1n) is 5.21. The second kappa shape index (κ2) is 5.73. The van der Waals surface area contributed by atoms with E-state index in [4.69, 9.17) is 5.39 Å². The third kappa shape index (κ3) is 2.56. The van der Waals surface area contributed by atoms with Gasteiger partial charge in [-0.3, -0.25) is 4.79 Å². The van der Waals surface area contributed by atoms with Crippen LogP contribution >= 0.6 is 11.8 Å². The van der Waals surface area contributed by atoms with Crippen LogP contribution in [0, 0.1) is 5.39 Å². The van der Waals surface area contributed by atoms with E-state index in [0.717, 1.165) is 0 Å². The number of diazo groups is 1. The molecule has 1 saturated heterocycles. The average molecular weight is 272 g/mol. The smallest absolute Gasteiger partial charge is 0.485 e. The van der Waals surface area contributed by atoms with Gasteiger partial charge in [-0.15, -0.1) is 11.8 Å². The molecule has 0 aromatic heterocycles. The Morgan fingerprint density at radius 3 is 2.61 bits per heavy atom. The van der Waals surface area contributed by atoms with Gasteiger partial charge in [-0.25, -0.2) is 4.79 Å². The summed E-state index contributed by atoms with van der Waals surface area (Å²) < 4.78 is 4.62. The highest BCUT2D eigenvalue weighted by Crippen LogP contribution is 2.31. The molecule has 1 fully saturated rings. The van der Waals surface area contributed by atoms with Crippen LogP contribution in [0.1, 0.15) is 13.8 Å². The van der Waals surface area contributed by atoms with Gasteiger partial charge in [0.25, 0.3) is 0 Å². The molecule has 2 atom stereocenters. The normalized spacial score (nSPS) is 24.2. The molecule has 18 heavy (non-hydrogen) atoms. The average Bonchev–Trinajstić information content (AvgIpc) is 2.70. The van der Waals surface area contributed by atoms with E-state index in [1.807, 2.05) is 0 Å². The number of methoxy groups -OCH3 is 1. The van der Waals surface area contributed by atoms with Gasteiger partial charge < -0.3 is 14.7 Å². The lowest BCUT2D eigenvalue weighted by molar-refractivity contribution is -0.150. The van der Waals surface area contributed by atoms with Crippen molar-refractivity contribution in [2.45, 2.75) is 25.3 Å². The van der Waals surface area contributed by atoms with E-state index in [2.05, 4.69) is 9.71 Å². The Morgan fingerprint density at radius 2 is 2.17 bits per heavy atom. The number of thioether (sulfide) groups is 1. The summed E-state index contributed by atoms with van der Waals surface area (Å²) in [5, 5.41) is 17.7. The number of esters is 1. The molecule has 0 saturated carbocycles. The van der Waals surface area contributed by atoms with E-state index >= 15 is 0 Å². The van der Waals surface area contributed by atoms with Gasteiger partial charge in [0.1, 0.15) is 6.04 Å². The van der Waals surface area contributed by atoms with Crippen molar-refractivity contribution in [2.75, 3.05) is 12.9 Å². The Morgan fingerprint density at radius 1 is 1.56 bits per heavy atom. The molecule has 1 aliphatic rings. The maximum absolute atomic E-state index is 12.1. The highest BCUT2D eigenvalue weighted by atomic mass is 32.2. The summed E-state index contributed by atoms with van der Waals surface area (Å²) in [6, 6.07) is -0.737. The standard InChI is InChI=1S/C10H13N3O4S/c1-5(14)8(12-11)9(15)13-6(2)18-4-7(13)10(16)17-3/h6-7H,4H2,1-3H3/p+1/t6-,7+/m1/s1. The number of carbonyl (C=O) groups excluding carboxylic acids is 2. The van der Waals surface area contributed by atoms with Gasteiger partial charge in [-0.1, -0.05) is 0 Å². The lowest BCUT2D eigenvalue weighted by atomic mass is 10.2. The number of carbonyl (C=O) groups is 2. The molecule has 0 bridgehead atoms. The minimum Gasteiger partial charge on any atom is -0.505 e. The van der Waals surface area contributed by atoms with Gasteiger partial charge in [0.15, 0.2) is 10.7 Å². The van der Waals surface area contributed by atoms with Crippen molar-refractivity contribution < 1.29 is 19.4 Å². The Bertz CT molecular complexity index is 439. The van der Waals surface area contributed by atoms with E-state index in [1.165, 1.54) is 30.7 Å². The third-order valence-corrected chi connectivity index (χ3v) is 3.79. The largest absolute Gasteiger partial charge is 0.505 e. The molecule has 0 aliphatic carbocycles. The van der Waals surface area contributed by atoms with Crippen molar-refractivity contribution in [3.05, 3.63) is 16.4 Å². The molecule has 1 heterocycles. The van der Waals surface area contributed by atoms with Gasteiger partial charge in [-0.2, -0.15) is 0 Å². The Labute approximate surface area is 108 Å². The fourth-order valence-electron chi connectivity index (χ4n) is 1.66. The molecule has 1 rings (SSSR count). The summed E-state index contributed by atoms with van der Waals surface area (Å²) in [7, 11) is 1.24. The predicted molar refractivity (Wildman–Crippen MR) is 65.0 cm³/mol. The first-order valence-corrected chi connectivity index (χ1v) is 6.26. The van der Waals surface area contributed by atoms with Crippen LogP contribution in [0.15, 0.2) is 11.5 Å². The van der Waals surface area contributed by atoms with Gasteiger partial charge in [-0.05, 0) is 6.92 Å². The van der Waals surface area contributed by atoms with Crippen LogP contribution in [-0.2, 0) is 14.3 Å². The fourth-order valence-corrected chi connectivity index (χ4v) is 2.82. The van der Waals surface area contributed by atoms with E-state index in [0.29, 0.717) is 5.75 Å². The molecule has 98 valence electrons. The Balaban J connectivity index is 3.06. The Kier molecular flexibility index (Phi) is 4.55. The second-order valence-electron chi connectivity index (χ2n) is 3.72. The van der Waals surface area contributed by atoms with Gasteiger partial charge in [0, 0.05) is 12.7 Å².